The van der Waals surface area contributed by atoms with E-state index in [4.69, 9.17) is 9.47 Å². The van der Waals surface area contributed by atoms with Gasteiger partial charge in [0.2, 0.25) is 0 Å². The van der Waals surface area contributed by atoms with Crippen molar-refractivity contribution < 1.29 is 19.1 Å². The van der Waals surface area contributed by atoms with Crippen LogP contribution in [0.1, 0.15) is 32.8 Å². The Morgan fingerprint density at radius 2 is 1.83 bits per heavy atom. The van der Waals surface area contributed by atoms with Crippen LogP contribution in [0.15, 0.2) is 42.5 Å². The third-order valence-electron chi connectivity index (χ3n) is 3.77. The summed E-state index contributed by atoms with van der Waals surface area (Å²) in [6, 6.07) is 9.40. The topological polar surface area (TPSA) is 55.8 Å². The molecule has 5 heteroatoms. The van der Waals surface area contributed by atoms with Crippen LogP contribution in [0.2, 0.25) is 0 Å². The van der Waals surface area contributed by atoms with Crippen molar-refractivity contribution in [3.8, 4) is 0 Å². The van der Waals surface area contributed by atoms with Gasteiger partial charge in [-0.15, -0.1) is 0 Å². The molecule has 2 atom stereocenters. The van der Waals surface area contributed by atoms with Crippen molar-refractivity contribution in [3.05, 3.63) is 48.0 Å². The number of carbonyl (C=O) groups excluding carboxylic acids is 2. The van der Waals surface area contributed by atoms with Gasteiger partial charge in [-0.1, -0.05) is 42.5 Å². The second-order valence-electron chi connectivity index (χ2n) is 6.98. The molecule has 0 bridgehead atoms. The Kier molecular flexibility index (Phi) is 5.65. The van der Waals surface area contributed by atoms with Crippen LogP contribution in [-0.2, 0) is 20.9 Å². The first kappa shape index (κ1) is 18.0. The highest BCUT2D eigenvalue weighted by Crippen LogP contribution is 2.24. The minimum Gasteiger partial charge on any atom is -0.460 e. The molecule has 0 saturated heterocycles. The van der Waals surface area contributed by atoms with E-state index < -0.39 is 11.7 Å². The number of ether oxygens (including phenoxy) is 2. The van der Waals surface area contributed by atoms with E-state index in [0.717, 1.165) is 5.56 Å². The SMILES string of the molecule is CN(C(=O)OC(C)(C)C)[C@@H]1C=C[C@H](C(=O)OCc2ccccc2)C1. The molecule has 1 aromatic rings. The first-order valence-electron chi connectivity index (χ1n) is 8.11. The molecule has 1 aliphatic carbocycles. The van der Waals surface area contributed by atoms with E-state index in [1.165, 1.54) is 4.90 Å². The minimum absolute atomic E-state index is 0.158. The van der Waals surface area contributed by atoms with E-state index in [2.05, 4.69) is 0 Å². The highest BCUT2D eigenvalue weighted by atomic mass is 16.6. The molecule has 0 fully saturated rings. The van der Waals surface area contributed by atoms with Crippen molar-refractivity contribution in [2.24, 2.45) is 5.92 Å². The lowest BCUT2D eigenvalue weighted by molar-refractivity contribution is -0.148. The van der Waals surface area contributed by atoms with Gasteiger partial charge < -0.3 is 14.4 Å². The van der Waals surface area contributed by atoms with E-state index in [1.807, 2.05) is 57.2 Å². The van der Waals surface area contributed by atoms with Crippen LogP contribution in [0.4, 0.5) is 4.79 Å². The summed E-state index contributed by atoms with van der Waals surface area (Å²) >= 11 is 0. The fourth-order valence-electron chi connectivity index (χ4n) is 2.45. The smallest absolute Gasteiger partial charge is 0.410 e. The largest absolute Gasteiger partial charge is 0.460 e. The van der Waals surface area contributed by atoms with Gasteiger partial charge in [0.05, 0.1) is 12.0 Å². The lowest BCUT2D eigenvalue weighted by atomic mass is 10.1. The molecule has 2 rings (SSSR count). The van der Waals surface area contributed by atoms with E-state index >= 15 is 0 Å². The highest BCUT2D eigenvalue weighted by molar-refractivity contribution is 5.76. The van der Waals surface area contributed by atoms with Crippen LogP contribution in [0.3, 0.4) is 0 Å². The number of benzene rings is 1. The monoisotopic (exact) mass is 331 g/mol. The molecule has 0 N–H and O–H groups in total. The average molecular weight is 331 g/mol. The number of hydrogen-bond acceptors (Lipinski definition) is 4. The van der Waals surface area contributed by atoms with Gasteiger partial charge in [-0.3, -0.25) is 4.79 Å². The zero-order chi connectivity index (χ0) is 17.7. The van der Waals surface area contributed by atoms with Gasteiger partial charge >= 0.3 is 12.1 Å². The molecule has 1 amide bonds. The Bertz CT molecular complexity index is 604. The van der Waals surface area contributed by atoms with Crippen LogP contribution in [0.5, 0.6) is 0 Å². The minimum atomic E-state index is -0.540. The van der Waals surface area contributed by atoms with E-state index in [1.54, 1.807) is 13.1 Å². The summed E-state index contributed by atoms with van der Waals surface area (Å²) in [6.45, 7) is 5.74. The molecule has 1 aliphatic rings. The molecule has 0 aromatic heterocycles. The molecule has 0 spiro atoms. The lowest BCUT2D eigenvalue weighted by Gasteiger charge is -2.28. The van der Waals surface area contributed by atoms with Crippen LogP contribution in [0.25, 0.3) is 0 Å². The van der Waals surface area contributed by atoms with Crippen molar-refractivity contribution >= 4 is 12.1 Å². The molecule has 5 nitrogen and oxygen atoms in total. The fraction of sp³-hybridized carbons (Fsp3) is 0.474. The van der Waals surface area contributed by atoms with Crippen LogP contribution in [-0.4, -0.2) is 35.7 Å². The Morgan fingerprint density at radius 3 is 2.46 bits per heavy atom. The van der Waals surface area contributed by atoms with Crippen molar-refractivity contribution in [1.29, 1.82) is 0 Å². The third-order valence-corrected chi connectivity index (χ3v) is 3.77. The van der Waals surface area contributed by atoms with Gasteiger partial charge in [-0.05, 0) is 32.8 Å². The molecular weight excluding hydrogens is 306 g/mol. The molecule has 0 radical (unpaired) electrons. The summed E-state index contributed by atoms with van der Waals surface area (Å²) < 4.78 is 10.7. The standard InChI is InChI=1S/C19H25NO4/c1-19(2,3)24-18(22)20(4)16-11-10-15(12-16)17(21)23-13-14-8-6-5-7-9-14/h5-11,15-16H,12-13H2,1-4H3/t15-,16+/m0/s1. The summed E-state index contributed by atoms with van der Waals surface area (Å²) in [5.74, 6) is -0.598. The maximum atomic E-state index is 12.2. The fourth-order valence-corrected chi connectivity index (χ4v) is 2.45. The number of carbonyl (C=O) groups is 2. The summed E-state index contributed by atoms with van der Waals surface area (Å²) in [7, 11) is 1.68. The first-order chi connectivity index (χ1) is 11.3. The molecule has 1 aromatic carbocycles. The number of likely N-dealkylation sites (N-methyl/N-ethyl adjacent to an activating group) is 1. The normalized spacial score (nSPS) is 19.8. The predicted octanol–water partition coefficient (Wildman–Crippen LogP) is 3.54. The molecule has 0 saturated carbocycles. The Balaban J connectivity index is 1.83. The zero-order valence-corrected chi connectivity index (χ0v) is 14.7. The number of amides is 1. The van der Waals surface area contributed by atoms with Crippen LogP contribution in [0, 0.1) is 5.92 Å². The average Bonchev–Trinajstić information content (AvgIpc) is 3.01. The molecule has 24 heavy (non-hydrogen) atoms. The van der Waals surface area contributed by atoms with Gasteiger partial charge in [0.25, 0.3) is 0 Å². The van der Waals surface area contributed by atoms with Crippen molar-refractivity contribution in [2.45, 2.75) is 45.4 Å². The summed E-state index contributed by atoms with van der Waals surface area (Å²) in [5, 5.41) is 0. The highest BCUT2D eigenvalue weighted by Gasteiger charge is 2.32. The van der Waals surface area contributed by atoms with Crippen LogP contribution >= 0.6 is 0 Å². The van der Waals surface area contributed by atoms with Crippen molar-refractivity contribution in [3.63, 3.8) is 0 Å². The molecule has 130 valence electrons. The Hall–Kier alpha value is -2.30. The second kappa shape index (κ2) is 7.51. The summed E-state index contributed by atoms with van der Waals surface area (Å²) in [5.41, 5.74) is 0.414. The number of hydrogen-bond donors (Lipinski definition) is 0. The van der Waals surface area contributed by atoms with Gasteiger partial charge in [0, 0.05) is 7.05 Å². The number of rotatable bonds is 4. The third kappa shape index (κ3) is 5.11. The summed E-state index contributed by atoms with van der Waals surface area (Å²) in [6.07, 6.45) is 3.79. The summed E-state index contributed by atoms with van der Waals surface area (Å²) in [4.78, 5) is 25.8. The van der Waals surface area contributed by atoms with E-state index in [-0.39, 0.29) is 24.5 Å². The maximum absolute atomic E-state index is 12.2. The molecule has 0 aliphatic heterocycles. The first-order valence-corrected chi connectivity index (χ1v) is 8.11. The van der Waals surface area contributed by atoms with Crippen molar-refractivity contribution in [2.75, 3.05) is 7.05 Å². The van der Waals surface area contributed by atoms with Gasteiger partial charge in [0.15, 0.2) is 0 Å². The molecule has 0 unspecified atom stereocenters. The molecular formula is C19H25NO4. The Labute approximate surface area is 143 Å². The van der Waals surface area contributed by atoms with Crippen molar-refractivity contribution in [1.82, 2.24) is 4.90 Å². The Morgan fingerprint density at radius 1 is 1.17 bits per heavy atom. The quantitative estimate of drug-likeness (QED) is 0.625. The maximum Gasteiger partial charge on any atom is 0.410 e. The van der Waals surface area contributed by atoms with Gasteiger partial charge in [-0.2, -0.15) is 0 Å². The van der Waals surface area contributed by atoms with Gasteiger partial charge in [0.1, 0.15) is 12.2 Å². The van der Waals surface area contributed by atoms with E-state index in [0.29, 0.717) is 6.42 Å². The second-order valence-corrected chi connectivity index (χ2v) is 6.98. The number of nitrogens with zero attached hydrogens (tertiary/aromatic N) is 1. The van der Waals surface area contributed by atoms with Crippen LogP contribution < -0.4 is 0 Å². The molecule has 0 heterocycles. The number of esters is 1. The van der Waals surface area contributed by atoms with Gasteiger partial charge in [-0.25, -0.2) is 4.79 Å². The van der Waals surface area contributed by atoms with E-state index in [9.17, 15) is 9.59 Å². The lowest BCUT2D eigenvalue weighted by Crippen LogP contribution is -2.39. The predicted molar refractivity (Wildman–Crippen MR) is 91.3 cm³/mol. The zero-order valence-electron chi connectivity index (χ0n) is 14.7.